The Morgan fingerprint density at radius 1 is 1.13 bits per heavy atom. The highest BCUT2D eigenvalue weighted by molar-refractivity contribution is 7.89. The lowest BCUT2D eigenvalue weighted by Gasteiger charge is -2.08. The fourth-order valence-corrected chi connectivity index (χ4v) is 3.71. The van der Waals surface area contributed by atoms with Crippen LogP contribution in [0.25, 0.3) is 10.6 Å². The summed E-state index contributed by atoms with van der Waals surface area (Å²) >= 11 is 1.52. The van der Waals surface area contributed by atoms with E-state index in [0.717, 1.165) is 28.3 Å². The van der Waals surface area contributed by atoms with Crippen molar-refractivity contribution >= 4 is 21.4 Å². The zero-order valence-electron chi connectivity index (χ0n) is 11.9. The van der Waals surface area contributed by atoms with E-state index in [1.165, 1.54) is 23.5 Å². The van der Waals surface area contributed by atoms with Crippen molar-refractivity contribution in [1.82, 2.24) is 9.71 Å². The predicted octanol–water partition coefficient (Wildman–Crippen LogP) is 3.43. The summed E-state index contributed by atoms with van der Waals surface area (Å²) in [6, 6.07) is 12.2. The average Bonchev–Trinajstić information content (AvgIpc) is 3.08. The SMILES string of the molecule is O=S(=O)(NCc1cccc(-c2nccs2)c1)c1ccc(F)cc1. The quantitative estimate of drug-likeness (QED) is 0.768. The topological polar surface area (TPSA) is 59.1 Å². The number of nitrogens with zero attached hydrogens (tertiary/aromatic N) is 1. The first-order valence-electron chi connectivity index (χ1n) is 6.79. The molecule has 1 heterocycles. The fraction of sp³-hybridized carbons (Fsp3) is 0.0625. The van der Waals surface area contributed by atoms with Crippen molar-refractivity contribution in [3.05, 3.63) is 71.5 Å². The maximum Gasteiger partial charge on any atom is 0.240 e. The van der Waals surface area contributed by atoms with Crippen molar-refractivity contribution in [2.75, 3.05) is 0 Å². The number of thiazole rings is 1. The first kappa shape index (κ1) is 15.8. The predicted molar refractivity (Wildman–Crippen MR) is 88.0 cm³/mol. The summed E-state index contributed by atoms with van der Waals surface area (Å²) in [5, 5.41) is 2.77. The zero-order valence-corrected chi connectivity index (χ0v) is 13.6. The number of sulfonamides is 1. The molecule has 0 spiro atoms. The Morgan fingerprint density at radius 2 is 1.91 bits per heavy atom. The van der Waals surface area contributed by atoms with Crippen molar-refractivity contribution in [1.29, 1.82) is 0 Å². The maximum atomic E-state index is 12.9. The van der Waals surface area contributed by atoms with E-state index in [9.17, 15) is 12.8 Å². The van der Waals surface area contributed by atoms with E-state index in [2.05, 4.69) is 9.71 Å². The van der Waals surface area contributed by atoms with E-state index in [-0.39, 0.29) is 11.4 Å². The molecule has 0 amide bonds. The maximum absolute atomic E-state index is 12.9. The van der Waals surface area contributed by atoms with Crippen LogP contribution in [0.15, 0.2) is 65.0 Å². The third kappa shape index (κ3) is 3.82. The van der Waals surface area contributed by atoms with Crippen LogP contribution in [0.4, 0.5) is 4.39 Å². The molecule has 3 aromatic rings. The molecule has 23 heavy (non-hydrogen) atoms. The van der Waals surface area contributed by atoms with Gasteiger partial charge >= 0.3 is 0 Å². The van der Waals surface area contributed by atoms with Crippen molar-refractivity contribution in [3.63, 3.8) is 0 Å². The molecule has 0 saturated carbocycles. The second-order valence-corrected chi connectivity index (χ2v) is 7.48. The second-order valence-electron chi connectivity index (χ2n) is 4.82. The van der Waals surface area contributed by atoms with Gasteiger partial charge in [0, 0.05) is 23.7 Å². The van der Waals surface area contributed by atoms with E-state index < -0.39 is 15.8 Å². The van der Waals surface area contributed by atoms with E-state index in [0.29, 0.717) is 0 Å². The van der Waals surface area contributed by atoms with Crippen LogP contribution >= 0.6 is 11.3 Å². The normalized spacial score (nSPS) is 11.5. The standard InChI is InChI=1S/C16H13FN2O2S2/c17-14-4-6-15(7-5-14)23(20,21)19-11-12-2-1-3-13(10-12)16-18-8-9-22-16/h1-10,19H,11H2. The van der Waals surface area contributed by atoms with E-state index in [1.54, 1.807) is 6.20 Å². The van der Waals surface area contributed by atoms with Gasteiger partial charge in [-0.1, -0.05) is 18.2 Å². The Bertz CT molecular complexity index is 892. The van der Waals surface area contributed by atoms with Crippen molar-refractivity contribution in [3.8, 4) is 10.6 Å². The molecule has 7 heteroatoms. The third-order valence-electron chi connectivity index (χ3n) is 3.20. The van der Waals surface area contributed by atoms with Crippen molar-refractivity contribution in [2.24, 2.45) is 0 Å². The van der Waals surface area contributed by atoms with Gasteiger partial charge in [0.25, 0.3) is 0 Å². The zero-order chi connectivity index (χ0) is 16.3. The Labute approximate surface area is 137 Å². The lowest BCUT2D eigenvalue weighted by Crippen LogP contribution is -2.23. The molecule has 0 saturated heterocycles. The van der Waals surface area contributed by atoms with Crippen LogP contribution < -0.4 is 4.72 Å². The molecule has 1 N–H and O–H groups in total. The summed E-state index contributed by atoms with van der Waals surface area (Å²) < 4.78 is 39.8. The summed E-state index contributed by atoms with van der Waals surface area (Å²) in [6.07, 6.45) is 1.73. The molecule has 0 atom stereocenters. The van der Waals surface area contributed by atoms with Crippen LogP contribution in [0.1, 0.15) is 5.56 Å². The number of benzene rings is 2. The van der Waals surface area contributed by atoms with Gasteiger partial charge in [0.1, 0.15) is 10.8 Å². The number of nitrogens with one attached hydrogen (secondary N) is 1. The van der Waals surface area contributed by atoms with Crippen molar-refractivity contribution < 1.29 is 12.8 Å². The minimum absolute atomic E-state index is 0.0370. The fourth-order valence-electron chi connectivity index (χ4n) is 2.06. The summed E-state index contributed by atoms with van der Waals surface area (Å²) in [4.78, 5) is 4.27. The molecule has 0 radical (unpaired) electrons. The number of aromatic nitrogens is 1. The highest BCUT2D eigenvalue weighted by atomic mass is 32.2. The van der Waals surface area contributed by atoms with Gasteiger partial charge in [-0.25, -0.2) is 22.5 Å². The molecule has 118 valence electrons. The van der Waals surface area contributed by atoms with Gasteiger partial charge in [-0.05, 0) is 35.9 Å². The average molecular weight is 348 g/mol. The van der Waals surface area contributed by atoms with E-state index >= 15 is 0 Å². The van der Waals surface area contributed by atoms with E-state index in [1.807, 2.05) is 29.6 Å². The monoisotopic (exact) mass is 348 g/mol. The van der Waals surface area contributed by atoms with Gasteiger partial charge in [0.05, 0.1) is 4.90 Å². The highest BCUT2D eigenvalue weighted by Gasteiger charge is 2.13. The first-order valence-corrected chi connectivity index (χ1v) is 9.15. The smallest absolute Gasteiger partial charge is 0.240 e. The molecule has 0 aliphatic carbocycles. The molecule has 0 bridgehead atoms. The molecule has 0 aliphatic heterocycles. The molecule has 4 nitrogen and oxygen atoms in total. The molecule has 3 rings (SSSR count). The van der Waals surface area contributed by atoms with Gasteiger partial charge < -0.3 is 0 Å². The summed E-state index contributed by atoms with van der Waals surface area (Å²) in [6.45, 7) is 0.152. The molecule has 0 aliphatic rings. The summed E-state index contributed by atoms with van der Waals surface area (Å²) in [5.74, 6) is -0.472. The lowest BCUT2D eigenvalue weighted by atomic mass is 10.1. The molecular formula is C16H13FN2O2S2. The second kappa shape index (κ2) is 6.57. The van der Waals surface area contributed by atoms with Gasteiger partial charge in [-0.3, -0.25) is 0 Å². The Hall–Kier alpha value is -2.09. The van der Waals surface area contributed by atoms with Crippen LogP contribution in [-0.2, 0) is 16.6 Å². The summed E-state index contributed by atoms with van der Waals surface area (Å²) in [5.41, 5.74) is 1.77. The van der Waals surface area contributed by atoms with Gasteiger partial charge in [-0.15, -0.1) is 11.3 Å². The Kier molecular flexibility index (Phi) is 4.51. The van der Waals surface area contributed by atoms with Crippen molar-refractivity contribution in [2.45, 2.75) is 11.4 Å². The largest absolute Gasteiger partial charge is 0.245 e. The number of rotatable bonds is 5. The van der Waals surface area contributed by atoms with Crippen LogP contribution in [0.3, 0.4) is 0 Å². The molecule has 2 aromatic carbocycles. The summed E-state index contributed by atoms with van der Waals surface area (Å²) in [7, 11) is -3.67. The van der Waals surface area contributed by atoms with Gasteiger partial charge in [0.15, 0.2) is 0 Å². The van der Waals surface area contributed by atoms with Crippen LogP contribution in [-0.4, -0.2) is 13.4 Å². The van der Waals surface area contributed by atoms with Crippen LogP contribution in [0.2, 0.25) is 0 Å². The minimum atomic E-state index is -3.67. The number of hydrogen-bond donors (Lipinski definition) is 1. The molecule has 0 fully saturated rings. The first-order chi connectivity index (χ1) is 11.0. The minimum Gasteiger partial charge on any atom is -0.245 e. The molecule has 1 aromatic heterocycles. The Balaban J connectivity index is 1.75. The lowest BCUT2D eigenvalue weighted by molar-refractivity contribution is 0.580. The highest BCUT2D eigenvalue weighted by Crippen LogP contribution is 2.22. The van der Waals surface area contributed by atoms with Crippen LogP contribution in [0.5, 0.6) is 0 Å². The molecular weight excluding hydrogens is 335 g/mol. The van der Waals surface area contributed by atoms with E-state index in [4.69, 9.17) is 0 Å². The number of hydrogen-bond acceptors (Lipinski definition) is 4. The van der Waals surface area contributed by atoms with Crippen LogP contribution in [0, 0.1) is 5.82 Å². The Morgan fingerprint density at radius 3 is 2.61 bits per heavy atom. The van der Waals surface area contributed by atoms with Gasteiger partial charge in [-0.2, -0.15) is 0 Å². The molecule has 0 unspecified atom stereocenters. The van der Waals surface area contributed by atoms with Gasteiger partial charge in [0.2, 0.25) is 10.0 Å². The third-order valence-corrected chi connectivity index (χ3v) is 5.44. The number of halogens is 1.